The summed E-state index contributed by atoms with van der Waals surface area (Å²) in [5.41, 5.74) is 0.944. The number of nitrogens with zero attached hydrogens (tertiary/aromatic N) is 3. The van der Waals surface area contributed by atoms with E-state index in [1.807, 2.05) is 11.8 Å². The molecule has 1 amide bonds. The molecule has 1 aromatic rings. The number of amides is 1. The highest BCUT2D eigenvalue weighted by molar-refractivity contribution is 5.88. The van der Waals surface area contributed by atoms with Crippen LogP contribution in [0.4, 0.5) is 0 Å². The van der Waals surface area contributed by atoms with E-state index in [0.29, 0.717) is 24.7 Å². The number of aromatic nitrogens is 2. The second-order valence-corrected chi connectivity index (χ2v) is 6.48. The molecule has 1 fully saturated rings. The molecule has 0 bridgehead atoms. The van der Waals surface area contributed by atoms with Gasteiger partial charge in [-0.05, 0) is 25.7 Å². The molecular weight excluding hydrogens is 282 g/mol. The predicted molar refractivity (Wildman–Crippen MR) is 82.8 cm³/mol. The van der Waals surface area contributed by atoms with Crippen LogP contribution in [0.15, 0.2) is 6.20 Å². The third-order valence-corrected chi connectivity index (χ3v) is 4.79. The topological polar surface area (TPSA) is 75.4 Å². The minimum Gasteiger partial charge on any atom is -0.478 e. The summed E-state index contributed by atoms with van der Waals surface area (Å²) in [4.78, 5) is 25.4. The van der Waals surface area contributed by atoms with Crippen LogP contribution < -0.4 is 0 Å². The van der Waals surface area contributed by atoms with Crippen LogP contribution in [0.1, 0.15) is 55.7 Å². The van der Waals surface area contributed by atoms with Gasteiger partial charge in [0.25, 0.3) is 0 Å². The number of piperidine rings is 1. The minimum atomic E-state index is -0.942. The third-order valence-electron chi connectivity index (χ3n) is 4.79. The number of rotatable bonds is 4. The van der Waals surface area contributed by atoms with Gasteiger partial charge in [0.2, 0.25) is 5.91 Å². The van der Waals surface area contributed by atoms with Crippen LogP contribution in [-0.2, 0) is 4.79 Å². The number of likely N-dealkylation sites (tertiary alicyclic amines) is 1. The van der Waals surface area contributed by atoms with E-state index in [9.17, 15) is 9.59 Å². The highest BCUT2D eigenvalue weighted by Crippen LogP contribution is 2.26. The fourth-order valence-corrected chi connectivity index (χ4v) is 2.91. The van der Waals surface area contributed by atoms with E-state index >= 15 is 0 Å². The average Bonchev–Trinajstić information content (AvgIpc) is 2.87. The molecule has 22 heavy (non-hydrogen) atoms. The highest BCUT2D eigenvalue weighted by atomic mass is 16.4. The third kappa shape index (κ3) is 3.15. The van der Waals surface area contributed by atoms with Crippen molar-refractivity contribution in [3.8, 4) is 0 Å². The molecule has 0 aliphatic carbocycles. The molecule has 122 valence electrons. The maximum Gasteiger partial charge on any atom is 0.339 e. The zero-order valence-corrected chi connectivity index (χ0v) is 13.7. The quantitative estimate of drug-likeness (QED) is 0.926. The molecule has 1 saturated heterocycles. The molecule has 1 aliphatic heterocycles. The number of hydrogen-bond donors (Lipinski definition) is 1. The summed E-state index contributed by atoms with van der Waals surface area (Å²) >= 11 is 0. The van der Waals surface area contributed by atoms with E-state index in [0.717, 1.165) is 12.8 Å². The first-order chi connectivity index (χ1) is 10.3. The lowest BCUT2D eigenvalue weighted by Gasteiger charge is -2.34. The van der Waals surface area contributed by atoms with Crippen molar-refractivity contribution in [3.63, 3.8) is 0 Å². The first-order valence-electron chi connectivity index (χ1n) is 7.89. The Hall–Kier alpha value is -1.85. The van der Waals surface area contributed by atoms with Crippen LogP contribution in [0.25, 0.3) is 0 Å². The molecule has 1 N–H and O–H groups in total. The number of aromatic carboxylic acids is 1. The van der Waals surface area contributed by atoms with Crippen LogP contribution >= 0.6 is 0 Å². The zero-order chi connectivity index (χ0) is 16.4. The molecule has 1 aromatic heterocycles. The van der Waals surface area contributed by atoms with Gasteiger partial charge in [-0.2, -0.15) is 5.10 Å². The second kappa shape index (κ2) is 6.50. The first kappa shape index (κ1) is 16.5. The smallest absolute Gasteiger partial charge is 0.339 e. The molecule has 0 spiro atoms. The van der Waals surface area contributed by atoms with Crippen molar-refractivity contribution in [2.24, 2.45) is 11.8 Å². The van der Waals surface area contributed by atoms with E-state index < -0.39 is 5.97 Å². The van der Waals surface area contributed by atoms with E-state index in [1.54, 1.807) is 11.6 Å². The van der Waals surface area contributed by atoms with Crippen molar-refractivity contribution in [3.05, 3.63) is 17.5 Å². The van der Waals surface area contributed by atoms with Gasteiger partial charge in [-0.15, -0.1) is 0 Å². The van der Waals surface area contributed by atoms with Crippen LogP contribution in [0.2, 0.25) is 0 Å². The normalized spacial score (nSPS) is 17.8. The number of carboxylic acid groups (broad SMARTS) is 1. The summed E-state index contributed by atoms with van der Waals surface area (Å²) in [7, 11) is 0. The number of hydrogen-bond acceptors (Lipinski definition) is 3. The lowest BCUT2D eigenvalue weighted by atomic mass is 9.95. The second-order valence-electron chi connectivity index (χ2n) is 6.48. The van der Waals surface area contributed by atoms with Gasteiger partial charge in [-0.1, -0.05) is 20.8 Å². The Labute approximate surface area is 131 Å². The summed E-state index contributed by atoms with van der Waals surface area (Å²) in [6, 6.07) is 0.173. The van der Waals surface area contributed by atoms with Crippen LogP contribution in [-0.4, -0.2) is 44.8 Å². The van der Waals surface area contributed by atoms with Crippen molar-refractivity contribution in [2.45, 2.75) is 46.6 Å². The van der Waals surface area contributed by atoms with Gasteiger partial charge in [0.05, 0.1) is 17.9 Å². The summed E-state index contributed by atoms with van der Waals surface area (Å²) in [6.07, 6.45) is 3.05. The zero-order valence-electron chi connectivity index (χ0n) is 13.7. The van der Waals surface area contributed by atoms with Crippen molar-refractivity contribution in [1.29, 1.82) is 0 Å². The molecule has 6 heteroatoms. The van der Waals surface area contributed by atoms with Crippen LogP contribution in [0.3, 0.4) is 0 Å². The van der Waals surface area contributed by atoms with Gasteiger partial charge in [0.15, 0.2) is 0 Å². The summed E-state index contributed by atoms with van der Waals surface area (Å²) < 4.78 is 1.80. The number of carbonyl (C=O) groups is 2. The Kier molecular flexibility index (Phi) is 4.88. The Morgan fingerprint density at radius 3 is 2.32 bits per heavy atom. The van der Waals surface area contributed by atoms with Crippen molar-refractivity contribution in [1.82, 2.24) is 14.7 Å². The fraction of sp³-hybridized carbons (Fsp3) is 0.688. The molecule has 1 atom stereocenters. The lowest BCUT2D eigenvalue weighted by Crippen LogP contribution is -2.42. The van der Waals surface area contributed by atoms with E-state index in [4.69, 9.17) is 5.11 Å². The predicted octanol–water partition coefficient (Wildman–Crippen LogP) is 2.35. The SMILES string of the molecule is Cc1c(C(=O)O)cnn1C1CCN(C(=O)C(C)C(C)C)CC1. The molecule has 0 radical (unpaired) electrons. The van der Waals surface area contributed by atoms with Gasteiger partial charge in [-0.3, -0.25) is 9.48 Å². The summed E-state index contributed by atoms with van der Waals surface area (Å²) in [6.45, 7) is 9.32. The summed E-state index contributed by atoms with van der Waals surface area (Å²) in [5.74, 6) is -0.336. The Balaban J connectivity index is 2.01. The Morgan fingerprint density at radius 2 is 1.86 bits per heavy atom. The molecular formula is C16H25N3O3. The average molecular weight is 307 g/mol. The molecule has 2 heterocycles. The van der Waals surface area contributed by atoms with Gasteiger partial charge in [0.1, 0.15) is 5.56 Å². The van der Waals surface area contributed by atoms with Gasteiger partial charge in [0, 0.05) is 19.0 Å². The number of carboxylic acids is 1. The lowest BCUT2D eigenvalue weighted by molar-refractivity contribution is -0.137. The van der Waals surface area contributed by atoms with E-state index in [2.05, 4.69) is 18.9 Å². The molecule has 2 rings (SSSR count). The monoisotopic (exact) mass is 307 g/mol. The Bertz CT molecular complexity index is 557. The molecule has 0 aromatic carbocycles. The van der Waals surface area contributed by atoms with Crippen molar-refractivity contribution in [2.75, 3.05) is 13.1 Å². The van der Waals surface area contributed by atoms with E-state index in [1.165, 1.54) is 6.20 Å². The Morgan fingerprint density at radius 1 is 1.27 bits per heavy atom. The summed E-state index contributed by atoms with van der Waals surface area (Å²) in [5, 5.41) is 13.3. The molecule has 1 aliphatic rings. The number of carbonyl (C=O) groups excluding carboxylic acids is 1. The molecule has 6 nitrogen and oxygen atoms in total. The van der Waals surface area contributed by atoms with Crippen molar-refractivity contribution >= 4 is 11.9 Å². The maximum absolute atomic E-state index is 12.4. The largest absolute Gasteiger partial charge is 0.478 e. The molecule has 0 saturated carbocycles. The minimum absolute atomic E-state index is 0.0432. The first-order valence-corrected chi connectivity index (χ1v) is 7.89. The van der Waals surface area contributed by atoms with Gasteiger partial charge >= 0.3 is 5.97 Å². The fourth-order valence-electron chi connectivity index (χ4n) is 2.91. The molecule has 1 unspecified atom stereocenters. The van der Waals surface area contributed by atoms with Crippen LogP contribution in [0.5, 0.6) is 0 Å². The van der Waals surface area contributed by atoms with E-state index in [-0.39, 0.29) is 23.4 Å². The van der Waals surface area contributed by atoms with Crippen LogP contribution in [0, 0.1) is 18.8 Å². The van der Waals surface area contributed by atoms with Gasteiger partial charge in [-0.25, -0.2) is 4.79 Å². The highest BCUT2D eigenvalue weighted by Gasteiger charge is 2.29. The van der Waals surface area contributed by atoms with Crippen molar-refractivity contribution < 1.29 is 14.7 Å². The maximum atomic E-state index is 12.4. The van der Waals surface area contributed by atoms with Gasteiger partial charge < -0.3 is 10.0 Å². The standard InChI is InChI=1S/C16H25N3O3/c1-10(2)11(3)15(20)18-7-5-13(6-8-18)19-12(4)14(9-17-19)16(21)22/h9-11,13H,5-8H2,1-4H3,(H,21,22).